The van der Waals surface area contributed by atoms with Crippen LogP contribution in [0.5, 0.6) is 0 Å². The summed E-state index contributed by atoms with van der Waals surface area (Å²) < 4.78 is 13.9. The lowest BCUT2D eigenvalue weighted by atomic mass is 10.1. The second-order valence-electron chi connectivity index (χ2n) is 2.37. The molecule has 2 N–H and O–H groups in total. The van der Waals surface area contributed by atoms with E-state index in [-0.39, 0.29) is 19.0 Å². The third-order valence-electron chi connectivity index (χ3n) is 1.51. The van der Waals surface area contributed by atoms with Crippen LogP contribution < -0.4 is 5.73 Å². The van der Waals surface area contributed by atoms with Crippen molar-refractivity contribution in [1.29, 1.82) is 0 Å². The maximum absolute atomic E-state index is 13.0. The lowest BCUT2D eigenvalue weighted by Crippen LogP contribution is -2.07. The molecule has 0 amide bonds. The highest BCUT2D eigenvalue weighted by Crippen LogP contribution is 2.27. The molecule has 0 bridgehead atoms. The first-order valence-electron chi connectivity index (χ1n) is 3.44. The summed E-state index contributed by atoms with van der Waals surface area (Å²) in [6, 6.07) is 5.02. The van der Waals surface area contributed by atoms with Gasteiger partial charge in [0.2, 0.25) is 0 Å². The molecule has 0 saturated heterocycles. The average molecular weight is 289 g/mol. The first kappa shape index (κ1) is 13.2. The summed E-state index contributed by atoms with van der Waals surface area (Å²) in [5.41, 5.74) is 5.61. The zero-order chi connectivity index (χ0) is 9.14. The van der Waals surface area contributed by atoms with Gasteiger partial charge in [-0.1, -0.05) is 33.6 Å². The number of rotatable bonds is 2. The summed E-state index contributed by atoms with van der Waals surface area (Å²) in [5.74, 6) is 0. The molecule has 1 rings (SSSR count). The minimum absolute atomic E-state index is 0. The fourth-order valence-electron chi connectivity index (χ4n) is 0.883. The minimum Gasteiger partial charge on any atom is -0.327 e. The molecule has 0 aliphatic rings. The van der Waals surface area contributed by atoms with Crippen molar-refractivity contribution in [3.63, 3.8) is 0 Å². The number of hydrogen-bond donors (Lipinski definition) is 1. The molecule has 0 heterocycles. The fraction of sp³-hybridized carbons (Fsp3) is 0.250. The monoisotopic (exact) mass is 287 g/mol. The van der Waals surface area contributed by atoms with Crippen LogP contribution in [0.15, 0.2) is 22.7 Å². The van der Waals surface area contributed by atoms with E-state index in [0.717, 1.165) is 4.47 Å². The Hall–Kier alpha value is 0.170. The van der Waals surface area contributed by atoms with Crippen molar-refractivity contribution in [2.45, 2.75) is 6.17 Å². The average Bonchev–Trinajstić information content (AvgIpc) is 2.03. The Kier molecular flexibility index (Phi) is 5.88. The van der Waals surface area contributed by atoms with Crippen molar-refractivity contribution in [3.05, 3.63) is 33.3 Å². The van der Waals surface area contributed by atoms with Gasteiger partial charge in [-0.05, 0) is 12.1 Å². The van der Waals surface area contributed by atoms with E-state index in [9.17, 15) is 4.39 Å². The van der Waals surface area contributed by atoms with Crippen LogP contribution in [0.4, 0.5) is 4.39 Å². The summed E-state index contributed by atoms with van der Waals surface area (Å²) in [6.07, 6.45) is -1.18. The predicted octanol–water partition coefficient (Wildman–Crippen LogP) is 3.49. The van der Waals surface area contributed by atoms with Crippen LogP contribution >= 0.6 is 39.9 Å². The minimum atomic E-state index is -1.18. The Morgan fingerprint density at radius 1 is 1.54 bits per heavy atom. The van der Waals surface area contributed by atoms with Crippen molar-refractivity contribution in [2.75, 3.05) is 6.54 Å². The molecule has 74 valence electrons. The SMILES string of the molecule is Cl.NC[C@H](F)c1ccc(Br)cc1Cl. The summed E-state index contributed by atoms with van der Waals surface area (Å²) in [5, 5.41) is 0.405. The highest BCUT2D eigenvalue weighted by Gasteiger charge is 2.10. The third-order valence-corrected chi connectivity index (χ3v) is 2.33. The number of benzene rings is 1. The van der Waals surface area contributed by atoms with Gasteiger partial charge in [-0.15, -0.1) is 12.4 Å². The van der Waals surface area contributed by atoms with Crippen molar-refractivity contribution >= 4 is 39.9 Å². The third kappa shape index (κ3) is 3.43. The van der Waals surface area contributed by atoms with E-state index in [4.69, 9.17) is 17.3 Å². The van der Waals surface area contributed by atoms with E-state index in [2.05, 4.69) is 15.9 Å². The van der Waals surface area contributed by atoms with E-state index in [1.54, 1.807) is 18.2 Å². The number of alkyl halides is 1. The zero-order valence-corrected chi connectivity index (χ0v) is 9.79. The Morgan fingerprint density at radius 2 is 2.15 bits per heavy atom. The normalized spacial score (nSPS) is 12.0. The van der Waals surface area contributed by atoms with E-state index in [1.807, 2.05) is 0 Å². The maximum Gasteiger partial charge on any atom is 0.139 e. The lowest BCUT2D eigenvalue weighted by Gasteiger charge is -2.07. The van der Waals surface area contributed by atoms with Gasteiger partial charge in [0.1, 0.15) is 6.17 Å². The van der Waals surface area contributed by atoms with Crippen molar-refractivity contribution in [2.24, 2.45) is 5.73 Å². The van der Waals surface area contributed by atoms with E-state index >= 15 is 0 Å². The van der Waals surface area contributed by atoms with Gasteiger partial charge >= 0.3 is 0 Å². The van der Waals surface area contributed by atoms with Crippen LogP contribution in [0.3, 0.4) is 0 Å². The number of halogens is 4. The lowest BCUT2D eigenvalue weighted by molar-refractivity contribution is 0.353. The molecule has 0 aromatic heterocycles. The summed E-state index contributed by atoms with van der Waals surface area (Å²) in [6.45, 7) is -0.0403. The van der Waals surface area contributed by atoms with Gasteiger partial charge in [0.15, 0.2) is 0 Å². The molecule has 1 nitrogen and oxygen atoms in total. The Labute approximate surface area is 96.0 Å². The van der Waals surface area contributed by atoms with Crippen molar-refractivity contribution < 1.29 is 4.39 Å². The molecule has 0 aliphatic carbocycles. The van der Waals surface area contributed by atoms with Gasteiger partial charge in [-0.3, -0.25) is 0 Å². The summed E-state index contributed by atoms with van der Waals surface area (Å²) in [7, 11) is 0. The van der Waals surface area contributed by atoms with Crippen LogP contribution in [0, 0.1) is 0 Å². The molecule has 0 spiro atoms. The Bertz CT molecular complexity index is 283. The maximum atomic E-state index is 13.0. The molecule has 0 saturated carbocycles. The highest BCUT2D eigenvalue weighted by molar-refractivity contribution is 9.10. The summed E-state index contributed by atoms with van der Waals surface area (Å²) >= 11 is 9.01. The second-order valence-corrected chi connectivity index (χ2v) is 3.69. The molecule has 0 fully saturated rings. The van der Waals surface area contributed by atoms with E-state index in [1.165, 1.54) is 0 Å². The highest BCUT2D eigenvalue weighted by atomic mass is 79.9. The zero-order valence-electron chi connectivity index (χ0n) is 6.64. The van der Waals surface area contributed by atoms with Gasteiger partial charge in [0, 0.05) is 21.6 Å². The van der Waals surface area contributed by atoms with Gasteiger partial charge in [0.05, 0.1) is 0 Å². The van der Waals surface area contributed by atoms with E-state index in [0.29, 0.717) is 10.6 Å². The quantitative estimate of drug-likeness (QED) is 0.886. The molecule has 5 heteroatoms. The van der Waals surface area contributed by atoms with Gasteiger partial charge < -0.3 is 5.73 Å². The van der Waals surface area contributed by atoms with Crippen LogP contribution in [0.25, 0.3) is 0 Å². The Balaban J connectivity index is 0.00000144. The first-order valence-corrected chi connectivity index (χ1v) is 4.61. The van der Waals surface area contributed by atoms with Crippen molar-refractivity contribution in [1.82, 2.24) is 0 Å². The van der Waals surface area contributed by atoms with Crippen LogP contribution in [0.1, 0.15) is 11.7 Å². The van der Waals surface area contributed by atoms with Crippen LogP contribution in [-0.2, 0) is 0 Å². The molecular formula is C8H9BrCl2FN. The standard InChI is InChI=1S/C8H8BrClFN.ClH/c9-5-1-2-6(7(10)3-5)8(11)4-12;/h1-3,8H,4,12H2;1H/t8-;/m0./s1. The predicted molar refractivity (Wildman–Crippen MR) is 59.3 cm³/mol. The number of nitrogens with two attached hydrogens (primary N) is 1. The molecule has 0 unspecified atom stereocenters. The molecule has 1 aromatic carbocycles. The number of hydrogen-bond acceptors (Lipinski definition) is 1. The Morgan fingerprint density at radius 3 is 2.62 bits per heavy atom. The molecule has 0 radical (unpaired) electrons. The first-order chi connectivity index (χ1) is 5.65. The topological polar surface area (TPSA) is 26.0 Å². The molecule has 1 aromatic rings. The van der Waals surface area contributed by atoms with Crippen LogP contribution in [0.2, 0.25) is 5.02 Å². The molecule has 13 heavy (non-hydrogen) atoms. The van der Waals surface area contributed by atoms with Gasteiger partial charge in [-0.2, -0.15) is 0 Å². The fourth-order valence-corrected chi connectivity index (χ4v) is 1.67. The van der Waals surface area contributed by atoms with Crippen LogP contribution in [-0.4, -0.2) is 6.54 Å². The molecule has 1 atom stereocenters. The summed E-state index contributed by atoms with van der Waals surface area (Å²) in [4.78, 5) is 0. The smallest absolute Gasteiger partial charge is 0.139 e. The molecular weight excluding hydrogens is 280 g/mol. The van der Waals surface area contributed by atoms with Crippen molar-refractivity contribution in [3.8, 4) is 0 Å². The van der Waals surface area contributed by atoms with Gasteiger partial charge in [-0.25, -0.2) is 4.39 Å². The largest absolute Gasteiger partial charge is 0.327 e. The van der Waals surface area contributed by atoms with Gasteiger partial charge in [0.25, 0.3) is 0 Å². The second kappa shape index (κ2) is 5.81. The molecule has 0 aliphatic heterocycles. The van der Waals surface area contributed by atoms with E-state index < -0.39 is 6.17 Å².